The molecule has 0 heterocycles. The molecule has 1 aliphatic carbocycles. The number of carbonyl (C=O) groups excluding carboxylic acids is 1. The van der Waals surface area contributed by atoms with E-state index in [0.29, 0.717) is 12.8 Å². The molecule has 1 fully saturated rings. The normalized spacial score (nSPS) is 19.4. The SMILES string of the molecule is CC(C)C(C)(O)CNC(=O)C1(c2ccc(F)cc2F)CCC1. The van der Waals surface area contributed by atoms with Gasteiger partial charge in [-0.2, -0.15) is 0 Å². The molecule has 0 aliphatic heterocycles. The summed E-state index contributed by atoms with van der Waals surface area (Å²) in [5.74, 6) is -1.66. The number of halogens is 2. The van der Waals surface area contributed by atoms with Crippen LogP contribution in [0.4, 0.5) is 8.78 Å². The standard InChI is InChI=1S/C17H23F2NO2/c1-11(2)16(3,22)10-20-15(21)17(7-4-8-17)13-6-5-12(18)9-14(13)19/h5-6,9,11,22H,4,7-8,10H2,1-3H3,(H,20,21). The highest BCUT2D eigenvalue weighted by Gasteiger charge is 2.47. The van der Waals surface area contributed by atoms with Gasteiger partial charge in [-0.15, -0.1) is 0 Å². The Morgan fingerprint density at radius 3 is 2.50 bits per heavy atom. The average molecular weight is 311 g/mol. The van der Waals surface area contributed by atoms with Crippen LogP contribution in [0.2, 0.25) is 0 Å². The van der Waals surface area contributed by atoms with Crippen molar-refractivity contribution < 1.29 is 18.7 Å². The van der Waals surface area contributed by atoms with Crippen LogP contribution in [-0.2, 0) is 10.2 Å². The second-order valence-electron chi connectivity index (χ2n) is 6.75. The van der Waals surface area contributed by atoms with E-state index in [-0.39, 0.29) is 23.9 Å². The van der Waals surface area contributed by atoms with Crippen LogP contribution in [0.3, 0.4) is 0 Å². The van der Waals surface area contributed by atoms with Crippen molar-refractivity contribution >= 4 is 5.91 Å². The molecule has 0 saturated heterocycles. The Balaban J connectivity index is 2.18. The van der Waals surface area contributed by atoms with Gasteiger partial charge in [0.1, 0.15) is 11.6 Å². The van der Waals surface area contributed by atoms with Crippen LogP contribution < -0.4 is 5.32 Å². The average Bonchev–Trinajstić information content (AvgIpc) is 2.37. The van der Waals surface area contributed by atoms with Crippen LogP contribution in [0.5, 0.6) is 0 Å². The molecule has 5 heteroatoms. The lowest BCUT2D eigenvalue weighted by atomic mass is 9.63. The summed E-state index contributed by atoms with van der Waals surface area (Å²) in [6.45, 7) is 5.49. The zero-order chi connectivity index (χ0) is 16.5. The Hall–Kier alpha value is -1.49. The number of rotatable bonds is 5. The molecule has 1 aromatic carbocycles. The third-order valence-corrected chi connectivity index (χ3v) is 4.94. The van der Waals surface area contributed by atoms with E-state index in [1.165, 1.54) is 12.1 Å². The van der Waals surface area contributed by atoms with E-state index in [4.69, 9.17) is 0 Å². The fourth-order valence-corrected chi connectivity index (χ4v) is 2.66. The van der Waals surface area contributed by atoms with E-state index in [1.807, 2.05) is 13.8 Å². The van der Waals surface area contributed by atoms with E-state index < -0.39 is 22.7 Å². The third-order valence-electron chi connectivity index (χ3n) is 4.94. The Kier molecular flexibility index (Phi) is 4.57. The predicted molar refractivity (Wildman–Crippen MR) is 80.4 cm³/mol. The Morgan fingerprint density at radius 2 is 2.05 bits per heavy atom. The van der Waals surface area contributed by atoms with Crippen LogP contribution >= 0.6 is 0 Å². The molecule has 2 N–H and O–H groups in total. The number of benzene rings is 1. The fourth-order valence-electron chi connectivity index (χ4n) is 2.66. The Labute approximate surface area is 129 Å². The molecule has 1 saturated carbocycles. The van der Waals surface area contributed by atoms with Gasteiger partial charge in [-0.25, -0.2) is 8.78 Å². The van der Waals surface area contributed by atoms with E-state index >= 15 is 0 Å². The first-order chi connectivity index (χ1) is 10.2. The summed E-state index contributed by atoms with van der Waals surface area (Å²) in [6, 6.07) is 3.34. The first kappa shape index (κ1) is 16.9. The van der Waals surface area contributed by atoms with Crippen molar-refractivity contribution in [3.05, 3.63) is 35.4 Å². The van der Waals surface area contributed by atoms with Crippen LogP contribution in [0.25, 0.3) is 0 Å². The maximum absolute atomic E-state index is 14.1. The van der Waals surface area contributed by atoms with Gasteiger partial charge in [-0.05, 0) is 31.7 Å². The molecule has 122 valence electrons. The second kappa shape index (κ2) is 5.95. The van der Waals surface area contributed by atoms with Crippen LogP contribution in [0, 0.1) is 17.6 Å². The number of amides is 1. The van der Waals surface area contributed by atoms with Crippen molar-refractivity contribution in [3.8, 4) is 0 Å². The summed E-state index contributed by atoms with van der Waals surface area (Å²) in [5, 5.41) is 13.0. The summed E-state index contributed by atoms with van der Waals surface area (Å²) >= 11 is 0. The smallest absolute Gasteiger partial charge is 0.230 e. The van der Waals surface area contributed by atoms with E-state index in [9.17, 15) is 18.7 Å². The molecule has 0 aromatic heterocycles. The third kappa shape index (κ3) is 3.00. The maximum Gasteiger partial charge on any atom is 0.230 e. The monoisotopic (exact) mass is 311 g/mol. The molecule has 3 nitrogen and oxygen atoms in total. The minimum absolute atomic E-state index is 0.0207. The summed E-state index contributed by atoms with van der Waals surface area (Å²) in [6.07, 6.45) is 1.89. The van der Waals surface area contributed by atoms with Crippen molar-refractivity contribution in [2.45, 2.75) is 51.0 Å². The van der Waals surface area contributed by atoms with Gasteiger partial charge in [0.2, 0.25) is 5.91 Å². The Morgan fingerprint density at radius 1 is 1.41 bits per heavy atom. The molecule has 1 unspecified atom stereocenters. The summed E-state index contributed by atoms with van der Waals surface area (Å²) in [5.41, 5.74) is -1.73. The van der Waals surface area contributed by atoms with Gasteiger partial charge >= 0.3 is 0 Å². The summed E-state index contributed by atoms with van der Waals surface area (Å²) in [7, 11) is 0. The molecule has 1 aliphatic rings. The zero-order valence-corrected chi connectivity index (χ0v) is 13.2. The van der Waals surface area contributed by atoms with Gasteiger partial charge < -0.3 is 10.4 Å². The largest absolute Gasteiger partial charge is 0.388 e. The Bertz CT molecular complexity index is 566. The highest BCUT2D eigenvalue weighted by atomic mass is 19.1. The van der Waals surface area contributed by atoms with Crippen molar-refractivity contribution in [3.63, 3.8) is 0 Å². The van der Waals surface area contributed by atoms with Gasteiger partial charge in [0.05, 0.1) is 11.0 Å². The maximum atomic E-state index is 14.1. The summed E-state index contributed by atoms with van der Waals surface area (Å²) < 4.78 is 27.1. The van der Waals surface area contributed by atoms with Gasteiger partial charge in [-0.3, -0.25) is 4.79 Å². The van der Waals surface area contributed by atoms with Crippen LogP contribution in [0.1, 0.15) is 45.6 Å². The lowest BCUT2D eigenvalue weighted by Gasteiger charge is -2.41. The number of nitrogens with one attached hydrogen (secondary N) is 1. The summed E-state index contributed by atoms with van der Waals surface area (Å²) in [4.78, 5) is 12.6. The quantitative estimate of drug-likeness (QED) is 0.878. The first-order valence-electron chi connectivity index (χ1n) is 7.65. The van der Waals surface area contributed by atoms with Gasteiger partial charge in [0.25, 0.3) is 0 Å². The lowest BCUT2D eigenvalue weighted by Crippen LogP contribution is -2.53. The molecule has 1 aromatic rings. The fraction of sp³-hybridized carbons (Fsp3) is 0.588. The van der Waals surface area contributed by atoms with Crippen LogP contribution in [-0.4, -0.2) is 23.2 Å². The van der Waals surface area contributed by atoms with E-state index in [1.54, 1.807) is 6.92 Å². The molecule has 22 heavy (non-hydrogen) atoms. The minimum Gasteiger partial charge on any atom is -0.388 e. The number of hydrogen-bond donors (Lipinski definition) is 2. The van der Waals surface area contributed by atoms with Gasteiger partial charge in [0.15, 0.2) is 0 Å². The van der Waals surface area contributed by atoms with E-state index in [0.717, 1.165) is 12.5 Å². The van der Waals surface area contributed by atoms with Gasteiger partial charge in [-0.1, -0.05) is 26.3 Å². The van der Waals surface area contributed by atoms with Crippen LogP contribution in [0.15, 0.2) is 18.2 Å². The first-order valence-corrected chi connectivity index (χ1v) is 7.65. The molecular weight excluding hydrogens is 288 g/mol. The van der Waals surface area contributed by atoms with Gasteiger partial charge in [0, 0.05) is 18.2 Å². The molecule has 0 radical (unpaired) electrons. The number of aliphatic hydroxyl groups is 1. The molecule has 2 rings (SSSR count). The van der Waals surface area contributed by atoms with Crippen molar-refractivity contribution in [1.29, 1.82) is 0 Å². The molecule has 1 atom stereocenters. The van der Waals surface area contributed by atoms with E-state index in [2.05, 4.69) is 5.32 Å². The molecule has 0 spiro atoms. The second-order valence-corrected chi connectivity index (χ2v) is 6.75. The highest BCUT2D eigenvalue weighted by molar-refractivity contribution is 5.89. The molecular formula is C17H23F2NO2. The molecule has 0 bridgehead atoms. The highest BCUT2D eigenvalue weighted by Crippen LogP contribution is 2.45. The minimum atomic E-state index is -1.03. The van der Waals surface area contributed by atoms with Crippen molar-refractivity contribution in [2.24, 2.45) is 5.92 Å². The van der Waals surface area contributed by atoms with Crippen molar-refractivity contribution in [1.82, 2.24) is 5.32 Å². The number of carbonyl (C=O) groups is 1. The zero-order valence-electron chi connectivity index (χ0n) is 13.2. The predicted octanol–water partition coefficient (Wildman–Crippen LogP) is 2.91. The topological polar surface area (TPSA) is 49.3 Å². The lowest BCUT2D eigenvalue weighted by molar-refractivity contribution is -0.131. The molecule has 1 amide bonds. The van der Waals surface area contributed by atoms with Crippen molar-refractivity contribution in [2.75, 3.05) is 6.54 Å². The number of hydrogen-bond acceptors (Lipinski definition) is 2.